The Morgan fingerprint density at radius 3 is 2.84 bits per heavy atom. The first-order valence-corrected chi connectivity index (χ1v) is 11.1. The lowest BCUT2D eigenvalue weighted by Gasteiger charge is -2.32. The third kappa shape index (κ3) is 3.86. The summed E-state index contributed by atoms with van der Waals surface area (Å²) < 4.78 is 52.7. The average Bonchev–Trinajstić information content (AvgIpc) is 3.66. The van der Waals surface area contributed by atoms with E-state index in [1.807, 2.05) is 0 Å². The van der Waals surface area contributed by atoms with Crippen molar-refractivity contribution in [2.24, 2.45) is 0 Å². The topological polar surface area (TPSA) is 127 Å². The van der Waals surface area contributed by atoms with Crippen molar-refractivity contribution in [2.45, 2.75) is 18.6 Å². The Morgan fingerprint density at radius 1 is 1.22 bits per heavy atom. The molecule has 0 fully saturated rings. The van der Waals surface area contributed by atoms with Crippen LogP contribution in [-0.2, 0) is 12.6 Å². The number of amides is 1. The van der Waals surface area contributed by atoms with E-state index >= 15 is 0 Å². The van der Waals surface area contributed by atoms with Crippen molar-refractivity contribution >= 4 is 11.4 Å². The number of carbonyl (C=O) groups is 1. The summed E-state index contributed by atoms with van der Waals surface area (Å²) in [6.07, 6.45) is 0.234. The lowest BCUT2D eigenvalue weighted by Crippen LogP contribution is -2.41. The molecule has 0 unspecified atom stereocenters. The number of nitrogens with zero attached hydrogens (tertiary/aromatic N) is 7. The monoisotopic (exact) mass is 510 g/mol. The van der Waals surface area contributed by atoms with Crippen LogP contribution >= 0.6 is 0 Å². The van der Waals surface area contributed by atoms with Gasteiger partial charge in [-0.2, -0.15) is 18.3 Å². The van der Waals surface area contributed by atoms with Gasteiger partial charge in [-0.25, -0.2) is 14.5 Å². The number of methoxy groups -OCH3 is 1. The molecule has 6 heterocycles. The molecule has 0 radical (unpaired) electrons. The molecule has 11 nitrogen and oxygen atoms in total. The number of carbonyl (C=O) groups excluding carboxylic acids is 1. The first-order chi connectivity index (χ1) is 17.8. The maximum Gasteiger partial charge on any atom is 0.418 e. The number of hydrogen-bond donors (Lipinski definition) is 1. The molecule has 0 saturated heterocycles. The molecule has 0 aliphatic carbocycles. The van der Waals surface area contributed by atoms with Crippen molar-refractivity contribution in [1.82, 2.24) is 39.7 Å². The Hall–Kier alpha value is -4.75. The van der Waals surface area contributed by atoms with E-state index in [0.717, 1.165) is 16.3 Å². The molecule has 1 aliphatic heterocycles. The Balaban J connectivity index is 1.39. The number of ether oxygens (including phenoxy) is 1. The van der Waals surface area contributed by atoms with E-state index in [1.165, 1.54) is 42.9 Å². The standard InChI is InChI=1S/C23H17F3N8O3/c1-36-12-4-5-15(27-10-12)20-30-31-21(37-20)22(35)33-8-6-14-18(29-11-28-14)19(33)16-9-17-13(23(24,25)26)3-2-7-34(17)32-16/h2-5,7,9-11,19H,6,8H2,1H3,(H,28,29)/t19-/m0/s1. The van der Waals surface area contributed by atoms with Crippen LogP contribution in [0.5, 0.6) is 5.75 Å². The lowest BCUT2D eigenvalue weighted by molar-refractivity contribution is -0.136. The number of rotatable bonds is 4. The number of aromatic amines is 1. The van der Waals surface area contributed by atoms with Crippen molar-refractivity contribution in [2.75, 3.05) is 13.7 Å². The van der Waals surface area contributed by atoms with E-state index in [0.29, 0.717) is 23.6 Å². The van der Waals surface area contributed by atoms with Gasteiger partial charge in [-0.05, 0) is 30.3 Å². The summed E-state index contributed by atoms with van der Waals surface area (Å²) in [6, 6.07) is 5.96. The van der Waals surface area contributed by atoms with Crippen LogP contribution in [0.4, 0.5) is 13.2 Å². The van der Waals surface area contributed by atoms with E-state index in [4.69, 9.17) is 9.15 Å². The number of H-pyrrole nitrogens is 1. The normalized spacial score (nSPS) is 15.7. The molecule has 1 N–H and O–H groups in total. The second kappa shape index (κ2) is 8.43. The number of hydrogen-bond acceptors (Lipinski definition) is 8. The van der Waals surface area contributed by atoms with Crippen molar-refractivity contribution in [3.63, 3.8) is 0 Å². The van der Waals surface area contributed by atoms with Gasteiger partial charge in [-0.15, -0.1) is 10.2 Å². The van der Waals surface area contributed by atoms with Gasteiger partial charge < -0.3 is 19.0 Å². The van der Waals surface area contributed by atoms with Crippen molar-refractivity contribution in [3.05, 3.63) is 77.6 Å². The number of pyridine rings is 2. The van der Waals surface area contributed by atoms with Crippen molar-refractivity contribution < 1.29 is 27.1 Å². The predicted molar refractivity (Wildman–Crippen MR) is 119 cm³/mol. The maximum absolute atomic E-state index is 13.6. The highest BCUT2D eigenvalue weighted by Gasteiger charge is 2.39. The largest absolute Gasteiger partial charge is 0.495 e. The van der Waals surface area contributed by atoms with Gasteiger partial charge in [0.1, 0.15) is 17.5 Å². The molecule has 0 spiro atoms. The minimum absolute atomic E-state index is 0.0302. The fourth-order valence-electron chi connectivity index (χ4n) is 4.37. The number of halogens is 3. The molecule has 14 heteroatoms. The average molecular weight is 510 g/mol. The van der Waals surface area contributed by atoms with Crippen LogP contribution in [0.3, 0.4) is 0 Å². The van der Waals surface area contributed by atoms with Crippen molar-refractivity contribution in [3.8, 4) is 17.3 Å². The van der Waals surface area contributed by atoms with Crippen LogP contribution < -0.4 is 4.74 Å². The van der Waals surface area contributed by atoms with Gasteiger partial charge in [0.15, 0.2) is 0 Å². The fraction of sp³-hybridized carbons (Fsp3) is 0.217. The molecule has 0 bridgehead atoms. The summed E-state index contributed by atoms with van der Waals surface area (Å²) in [5.74, 6) is -0.343. The lowest BCUT2D eigenvalue weighted by atomic mass is 9.99. The molecule has 37 heavy (non-hydrogen) atoms. The van der Waals surface area contributed by atoms with Crippen LogP contribution in [0.25, 0.3) is 17.1 Å². The summed E-state index contributed by atoms with van der Waals surface area (Å²) in [4.78, 5) is 26.5. The first kappa shape index (κ1) is 22.7. The third-order valence-electron chi connectivity index (χ3n) is 6.09. The number of alkyl halides is 3. The van der Waals surface area contributed by atoms with Crippen LogP contribution in [0.1, 0.15) is 39.4 Å². The molecule has 1 aliphatic rings. The summed E-state index contributed by atoms with van der Waals surface area (Å²) >= 11 is 0. The third-order valence-corrected chi connectivity index (χ3v) is 6.09. The molecule has 188 valence electrons. The molecule has 5 aromatic heterocycles. The predicted octanol–water partition coefficient (Wildman–Crippen LogP) is 3.32. The second-order valence-corrected chi connectivity index (χ2v) is 8.23. The van der Waals surface area contributed by atoms with Gasteiger partial charge in [-0.3, -0.25) is 4.79 Å². The van der Waals surface area contributed by atoms with Gasteiger partial charge in [0.25, 0.3) is 5.89 Å². The number of nitrogens with one attached hydrogen (secondary N) is 1. The van der Waals surface area contributed by atoms with E-state index < -0.39 is 23.7 Å². The fourth-order valence-corrected chi connectivity index (χ4v) is 4.37. The van der Waals surface area contributed by atoms with Crippen LogP contribution in [0.15, 0.2) is 53.5 Å². The summed E-state index contributed by atoms with van der Waals surface area (Å²) in [5.41, 5.74) is 0.833. The summed E-state index contributed by atoms with van der Waals surface area (Å²) in [5, 5.41) is 12.2. The Labute approximate surface area is 205 Å². The van der Waals surface area contributed by atoms with E-state index in [-0.39, 0.29) is 29.5 Å². The van der Waals surface area contributed by atoms with Gasteiger partial charge in [0.2, 0.25) is 0 Å². The highest BCUT2D eigenvalue weighted by Crippen LogP contribution is 2.37. The molecule has 1 atom stereocenters. The molecular weight excluding hydrogens is 493 g/mol. The minimum Gasteiger partial charge on any atom is -0.495 e. The van der Waals surface area contributed by atoms with E-state index in [1.54, 1.807) is 12.1 Å². The number of aromatic nitrogens is 7. The molecule has 1 amide bonds. The number of imidazole rings is 1. The zero-order chi connectivity index (χ0) is 25.7. The quantitative estimate of drug-likeness (QED) is 0.390. The van der Waals surface area contributed by atoms with Crippen LogP contribution in [-0.4, -0.2) is 59.2 Å². The zero-order valence-electron chi connectivity index (χ0n) is 19.1. The smallest absolute Gasteiger partial charge is 0.418 e. The van der Waals surface area contributed by atoms with Gasteiger partial charge in [-0.1, -0.05) is 0 Å². The Bertz CT molecular complexity index is 1610. The Morgan fingerprint density at radius 2 is 2.08 bits per heavy atom. The first-order valence-electron chi connectivity index (χ1n) is 11.1. The maximum atomic E-state index is 13.6. The molecule has 0 saturated carbocycles. The molecule has 6 rings (SSSR count). The molecule has 0 aromatic carbocycles. The molecular formula is C23H17F3N8O3. The second-order valence-electron chi connectivity index (χ2n) is 8.23. The van der Waals surface area contributed by atoms with Gasteiger partial charge >= 0.3 is 18.0 Å². The highest BCUT2D eigenvalue weighted by molar-refractivity contribution is 5.90. The van der Waals surface area contributed by atoms with Gasteiger partial charge in [0.05, 0.1) is 42.1 Å². The molecule has 5 aromatic rings. The minimum atomic E-state index is -4.57. The van der Waals surface area contributed by atoms with Crippen molar-refractivity contribution in [1.29, 1.82) is 0 Å². The summed E-state index contributed by atoms with van der Waals surface area (Å²) in [7, 11) is 1.51. The van der Waals surface area contributed by atoms with Crippen LogP contribution in [0.2, 0.25) is 0 Å². The Kier molecular flexibility index (Phi) is 5.17. The van der Waals surface area contributed by atoms with E-state index in [9.17, 15) is 18.0 Å². The summed E-state index contributed by atoms with van der Waals surface area (Å²) in [6.45, 7) is 0.219. The van der Waals surface area contributed by atoms with Crippen LogP contribution in [0, 0.1) is 0 Å². The SMILES string of the molecule is COc1ccc(-c2nnc(C(=O)N3CCc4[nH]cnc4[C@@H]3c3cc4c(C(F)(F)F)cccn4n3)o2)nc1. The van der Waals surface area contributed by atoms with Gasteiger partial charge in [0, 0.05) is 24.9 Å². The highest BCUT2D eigenvalue weighted by atomic mass is 19.4. The zero-order valence-corrected chi connectivity index (χ0v) is 19.1. The van der Waals surface area contributed by atoms with E-state index in [2.05, 4.69) is 30.2 Å². The number of fused-ring (bicyclic) bond motifs is 2.